The minimum atomic E-state index is -4.44. The Morgan fingerprint density at radius 3 is 2.92 bits per heavy atom. The summed E-state index contributed by atoms with van der Waals surface area (Å²) in [5, 5.41) is 10.8. The van der Waals surface area contributed by atoms with Crippen molar-refractivity contribution in [2.24, 2.45) is 5.92 Å². The molecule has 26 heavy (non-hydrogen) atoms. The maximum atomic E-state index is 13.0. The molecular formula is C16H20F3N5O2. The summed E-state index contributed by atoms with van der Waals surface area (Å²) in [7, 11) is 1.56. The van der Waals surface area contributed by atoms with Crippen LogP contribution in [0.5, 0.6) is 0 Å². The number of pyridine rings is 1. The second-order valence-electron chi connectivity index (χ2n) is 6.21. The molecule has 1 N–H and O–H groups in total. The van der Waals surface area contributed by atoms with Crippen LogP contribution in [0.3, 0.4) is 0 Å². The molecule has 1 atom stereocenters. The molecule has 3 rings (SSSR count). The number of fused-ring (bicyclic) bond motifs is 1. The molecule has 0 unspecified atom stereocenters. The van der Waals surface area contributed by atoms with Gasteiger partial charge >= 0.3 is 6.18 Å². The maximum Gasteiger partial charge on any atom is 0.417 e. The van der Waals surface area contributed by atoms with Crippen molar-refractivity contribution in [2.45, 2.75) is 19.0 Å². The van der Waals surface area contributed by atoms with Gasteiger partial charge in [0.15, 0.2) is 5.65 Å². The van der Waals surface area contributed by atoms with Crippen molar-refractivity contribution in [3.63, 3.8) is 0 Å². The second kappa shape index (κ2) is 7.48. The number of piperidine rings is 1. The summed E-state index contributed by atoms with van der Waals surface area (Å²) in [4.78, 5) is 14.1. The Labute approximate surface area is 148 Å². The molecule has 0 saturated carbocycles. The Balaban J connectivity index is 1.79. The lowest BCUT2D eigenvalue weighted by Gasteiger charge is -2.32. The molecular weight excluding hydrogens is 351 g/mol. The van der Waals surface area contributed by atoms with Gasteiger partial charge in [-0.2, -0.15) is 13.2 Å². The van der Waals surface area contributed by atoms with Gasteiger partial charge in [0.2, 0.25) is 11.9 Å². The number of halogens is 3. The van der Waals surface area contributed by atoms with Crippen LogP contribution in [0.2, 0.25) is 0 Å². The summed E-state index contributed by atoms with van der Waals surface area (Å²) in [5.74, 6) is -0.0178. The lowest BCUT2D eigenvalue weighted by molar-refractivity contribution is -0.137. The zero-order chi connectivity index (χ0) is 18.7. The summed E-state index contributed by atoms with van der Waals surface area (Å²) in [5.41, 5.74) is -0.434. The van der Waals surface area contributed by atoms with Gasteiger partial charge in [-0.25, -0.2) is 0 Å². The van der Waals surface area contributed by atoms with Crippen molar-refractivity contribution < 1.29 is 22.7 Å². The van der Waals surface area contributed by atoms with Gasteiger partial charge in [-0.1, -0.05) is 0 Å². The second-order valence-corrected chi connectivity index (χ2v) is 6.21. The number of ether oxygens (including phenoxy) is 1. The van der Waals surface area contributed by atoms with Crippen LogP contribution in [-0.4, -0.2) is 53.9 Å². The molecule has 0 aliphatic carbocycles. The number of nitrogens with one attached hydrogen (secondary N) is 1. The number of anilines is 1. The standard InChI is InChI=1S/C16H20F3N5O2/c1-26-8-6-20-14(25)11-3-2-7-23(9-11)15-22-21-13-5-4-12(10-24(13)15)16(17,18)19/h4-5,10-11H,2-3,6-9H2,1H3,(H,20,25)/t11-/m0/s1. The van der Waals surface area contributed by atoms with Gasteiger partial charge in [0, 0.05) is 32.9 Å². The first-order valence-corrected chi connectivity index (χ1v) is 8.33. The summed E-state index contributed by atoms with van der Waals surface area (Å²) in [6.07, 6.45) is -1.98. The van der Waals surface area contributed by atoms with Crippen LogP contribution in [-0.2, 0) is 15.7 Å². The molecule has 3 heterocycles. The van der Waals surface area contributed by atoms with Crippen molar-refractivity contribution in [1.29, 1.82) is 0 Å². The fourth-order valence-electron chi connectivity index (χ4n) is 3.06. The van der Waals surface area contributed by atoms with Crippen molar-refractivity contribution in [1.82, 2.24) is 19.9 Å². The number of alkyl halides is 3. The minimum absolute atomic E-state index is 0.0865. The summed E-state index contributed by atoms with van der Waals surface area (Å²) in [6, 6.07) is 2.27. The molecule has 0 spiro atoms. The Morgan fingerprint density at radius 1 is 1.38 bits per heavy atom. The van der Waals surface area contributed by atoms with Gasteiger partial charge in [0.05, 0.1) is 18.1 Å². The minimum Gasteiger partial charge on any atom is -0.383 e. The van der Waals surface area contributed by atoms with E-state index in [1.165, 1.54) is 10.5 Å². The van der Waals surface area contributed by atoms with E-state index in [4.69, 9.17) is 4.74 Å². The van der Waals surface area contributed by atoms with Gasteiger partial charge < -0.3 is 15.0 Å². The zero-order valence-corrected chi connectivity index (χ0v) is 14.3. The quantitative estimate of drug-likeness (QED) is 0.811. The molecule has 1 aliphatic heterocycles. The highest BCUT2D eigenvalue weighted by molar-refractivity contribution is 5.79. The average molecular weight is 371 g/mol. The largest absolute Gasteiger partial charge is 0.417 e. The fourth-order valence-corrected chi connectivity index (χ4v) is 3.06. The first-order chi connectivity index (χ1) is 12.4. The van der Waals surface area contributed by atoms with E-state index in [0.717, 1.165) is 25.1 Å². The third kappa shape index (κ3) is 3.90. The highest BCUT2D eigenvalue weighted by Crippen LogP contribution is 2.30. The number of methoxy groups -OCH3 is 1. The smallest absolute Gasteiger partial charge is 0.383 e. The van der Waals surface area contributed by atoms with Gasteiger partial charge in [0.1, 0.15) is 0 Å². The van der Waals surface area contributed by atoms with Crippen molar-refractivity contribution in [2.75, 3.05) is 38.3 Å². The number of rotatable bonds is 5. The summed E-state index contributed by atoms with van der Waals surface area (Å²) < 4.78 is 45.2. The lowest BCUT2D eigenvalue weighted by Crippen LogP contribution is -2.44. The van der Waals surface area contributed by atoms with Gasteiger partial charge in [-0.3, -0.25) is 9.20 Å². The molecule has 7 nitrogen and oxygen atoms in total. The fraction of sp³-hybridized carbons (Fsp3) is 0.562. The van der Waals surface area contributed by atoms with Crippen LogP contribution in [0.4, 0.5) is 19.1 Å². The molecule has 10 heteroatoms. The first-order valence-electron chi connectivity index (χ1n) is 8.33. The monoisotopic (exact) mass is 371 g/mol. The Morgan fingerprint density at radius 2 is 2.19 bits per heavy atom. The molecule has 0 bridgehead atoms. The normalized spacial score (nSPS) is 18.3. The summed E-state index contributed by atoms with van der Waals surface area (Å²) in [6.45, 7) is 1.85. The number of carbonyl (C=O) groups excluding carboxylic acids is 1. The molecule has 1 amide bonds. The number of hydrogen-bond acceptors (Lipinski definition) is 5. The van der Waals surface area contributed by atoms with Gasteiger partial charge in [0.25, 0.3) is 0 Å². The summed E-state index contributed by atoms with van der Waals surface area (Å²) >= 11 is 0. The van der Waals surface area contributed by atoms with Crippen LogP contribution < -0.4 is 10.2 Å². The number of nitrogens with zero attached hydrogens (tertiary/aromatic N) is 4. The van der Waals surface area contributed by atoms with Crippen LogP contribution in [0.25, 0.3) is 5.65 Å². The molecule has 0 aromatic carbocycles. The number of amides is 1. The molecule has 142 valence electrons. The zero-order valence-electron chi connectivity index (χ0n) is 14.3. The number of carbonyl (C=O) groups is 1. The molecule has 2 aromatic heterocycles. The van der Waals surface area contributed by atoms with E-state index < -0.39 is 11.7 Å². The van der Waals surface area contributed by atoms with Crippen molar-refractivity contribution in [3.8, 4) is 0 Å². The van der Waals surface area contributed by atoms with Crippen LogP contribution in [0, 0.1) is 5.92 Å². The molecule has 0 radical (unpaired) electrons. The van der Waals surface area contributed by atoms with E-state index in [1.54, 1.807) is 7.11 Å². The van der Waals surface area contributed by atoms with Crippen molar-refractivity contribution >= 4 is 17.5 Å². The van der Waals surface area contributed by atoms with E-state index in [2.05, 4.69) is 15.5 Å². The molecule has 1 fully saturated rings. The highest BCUT2D eigenvalue weighted by atomic mass is 19.4. The van der Waals surface area contributed by atoms with E-state index in [0.29, 0.717) is 37.8 Å². The van der Waals surface area contributed by atoms with Gasteiger partial charge in [-0.05, 0) is 25.0 Å². The molecule has 1 aliphatic rings. The Hall–Kier alpha value is -2.36. The van der Waals surface area contributed by atoms with Crippen LogP contribution >= 0.6 is 0 Å². The average Bonchev–Trinajstić information content (AvgIpc) is 3.04. The van der Waals surface area contributed by atoms with E-state index >= 15 is 0 Å². The predicted molar refractivity (Wildman–Crippen MR) is 87.8 cm³/mol. The Bertz CT molecular complexity index is 777. The topological polar surface area (TPSA) is 71.8 Å². The Kier molecular flexibility index (Phi) is 5.30. The van der Waals surface area contributed by atoms with Crippen LogP contribution in [0.1, 0.15) is 18.4 Å². The van der Waals surface area contributed by atoms with Crippen molar-refractivity contribution in [3.05, 3.63) is 23.9 Å². The predicted octanol–water partition coefficient (Wildman–Crippen LogP) is 1.73. The molecule has 2 aromatic rings. The van der Waals surface area contributed by atoms with E-state index in [-0.39, 0.29) is 11.8 Å². The molecule has 1 saturated heterocycles. The van der Waals surface area contributed by atoms with E-state index in [9.17, 15) is 18.0 Å². The van der Waals surface area contributed by atoms with Crippen LogP contribution in [0.15, 0.2) is 18.3 Å². The van der Waals surface area contributed by atoms with Gasteiger partial charge in [-0.15, -0.1) is 10.2 Å². The number of aromatic nitrogens is 3. The third-order valence-electron chi connectivity index (χ3n) is 4.39. The third-order valence-corrected chi connectivity index (χ3v) is 4.39. The first kappa shape index (κ1) is 18.4. The maximum absolute atomic E-state index is 13.0. The van der Waals surface area contributed by atoms with E-state index in [1.807, 2.05) is 4.90 Å². The lowest BCUT2D eigenvalue weighted by atomic mass is 9.97. The highest BCUT2D eigenvalue weighted by Gasteiger charge is 2.32. The SMILES string of the molecule is COCCNC(=O)[C@H]1CCCN(c2nnc3ccc(C(F)(F)F)cn23)C1. The number of hydrogen-bond donors (Lipinski definition) is 1.